The zero-order valence-electron chi connectivity index (χ0n) is 22.5. The highest BCUT2D eigenvalue weighted by atomic mass is 19.4. The lowest BCUT2D eigenvalue weighted by Gasteiger charge is -2.34. The lowest BCUT2D eigenvalue weighted by atomic mass is 9.89. The van der Waals surface area contributed by atoms with Crippen molar-refractivity contribution >= 4 is 11.9 Å². The van der Waals surface area contributed by atoms with Gasteiger partial charge in [0.25, 0.3) is 5.91 Å². The SMILES string of the molecule is COc1ccc(CN2C(=O)N[C@](COC(C)(C)c3cc(C(F)(F)F)cc(C(F)(F)F)c3)(c3ccc(F)cc3)C2=O)cc1. The van der Waals surface area contributed by atoms with E-state index in [2.05, 4.69) is 5.32 Å². The summed E-state index contributed by atoms with van der Waals surface area (Å²) in [6, 6.07) is 11.3. The highest BCUT2D eigenvalue weighted by Gasteiger charge is 2.53. The van der Waals surface area contributed by atoms with Gasteiger partial charge in [0.05, 0.1) is 37.0 Å². The fourth-order valence-corrected chi connectivity index (χ4v) is 4.47. The number of carbonyl (C=O) groups excluding carboxylic acids is 2. The minimum absolute atomic E-state index is 0.00263. The third-order valence-corrected chi connectivity index (χ3v) is 6.94. The summed E-state index contributed by atoms with van der Waals surface area (Å²) < 4.78 is 106. The van der Waals surface area contributed by atoms with Crippen LogP contribution in [0.3, 0.4) is 0 Å². The second-order valence-corrected chi connectivity index (χ2v) is 10.2. The molecule has 13 heteroatoms. The molecule has 0 spiro atoms. The second kappa shape index (κ2) is 10.9. The van der Waals surface area contributed by atoms with Crippen LogP contribution in [-0.4, -0.2) is 30.6 Å². The molecule has 1 N–H and O–H groups in total. The van der Waals surface area contributed by atoms with Gasteiger partial charge in [0, 0.05) is 0 Å². The van der Waals surface area contributed by atoms with Gasteiger partial charge in [0.1, 0.15) is 11.6 Å². The molecule has 1 atom stereocenters. The summed E-state index contributed by atoms with van der Waals surface area (Å²) in [6.07, 6.45) is -10.2. The fourth-order valence-electron chi connectivity index (χ4n) is 4.47. The molecule has 42 heavy (non-hydrogen) atoms. The molecule has 0 bridgehead atoms. The number of methoxy groups -OCH3 is 1. The van der Waals surface area contributed by atoms with Crippen LogP contribution in [0.5, 0.6) is 5.75 Å². The first-order chi connectivity index (χ1) is 19.5. The van der Waals surface area contributed by atoms with E-state index in [0.29, 0.717) is 23.4 Å². The largest absolute Gasteiger partial charge is 0.497 e. The van der Waals surface area contributed by atoms with Crippen LogP contribution < -0.4 is 10.1 Å². The van der Waals surface area contributed by atoms with Gasteiger partial charge in [-0.05, 0) is 73.0 Å². The van der Waals surface area contributed by atoms with Crippen LogP contribution in [0.15, 0.2) is 66.7 Å². The van der Waals surface area contributed by atoms with Gasteiger partial charge in [-0.15, -0.1) is 0 Å². The molecule has 1 aliphatic rings. The Kier molecular flexibility index (Phi) is 8.02. The number of halogens is 7. The van der Waals surface area contributed by atoms with Crippen LogP contribution in [0.25, 0.3) is 0 Å². The van der Waals surface area contributed by atoms with Crippen molar-refractivity contribution in [3.8, 4) is 5.75 Å². The lowest BCUT2D eigenvalue weighted by molar-refractivity contribution is -0.143. The van der Waals surface area contributed by atoms with E-state index in [1.807, 2.05) is 0 Å². The van der Waals surface area contributed by atoms with Gasteiger partial charge in [-0.2, -0.15) is 26.3 Å². The van der Waals surface area contributed by atoms with Crippen molar-refractivity contribution in [2.75, 3.05) is 13.7 Å². The minimum atomic E-state index is -5.08. The van der Waals surface area contributed by atoms with E-state index >= 15 is 0 Å². The molecule has 0 aromatic heterocycles. The average Bonchev–Trinajstić information content (AvgIpc) is 3.16. The van der Waals surface area contributed by atoms with Crippen LogP contribution in [0.1, 0.15) is 41.7 Å². The van der Waals surface area contributed by atoms with Gasteiger partial charge >= 0.3 is 18.4 Å². The van der Waals surface area contributed by atoms with E-state index in [-0.39, 0.29) is 18.2 Å². The van der Waals surface area contributed by atoms with Crippen molar-refractivity contribution in [1.82, 2.24) is 10.2 Å². The summed E-state index contributed by atoms with van der Waals surface area (Å²) >= 11 is 0. The third kappa shape index (κ3) is 6.20. The predicted octanol–water partition coefficient (Wildman–Crippen LogP) is 6.77. The molecule has 6 nitrogen and oxygen atoms in total. The topological polar surface area (TPSA) is 67.9 Å². The van der Waals surface area contributed by atoms with E-state index in [0.717, 1.165) is 17.0 Å². The molecular weight excluding hydrogens is 573 g/mol. The Balaban J connectivity index is 1.70. The van der Waals surface area contributed by atoms with Crippen molar-refractivity contribution in [2.24, 2.45) is 0 Å². The Morgan fingerprint density at radius 3 is 1.83 bits per heavy atom. The normalized spacial score (nSPS) is 17.9. The summed E-state index contributed by atoms with van der Waals surface area (Å²) in [5, 5.41) is 2.55. The van der Waals surface area contributed by atoms with Crippen LogP contribution in [0, 0.1) is 5.82 Å². The van der Waals surface area contributed by atoms with Crippen molar-refractivity contribution < 1.29 is 49.8 Å². The van der Waals surface area contributed by atoms with Gasteiger partial charge in [0.15, 0.2) is 5.54 Å². The average molecular weight is 599 g/mol. The molecule has 0 radical (unpaired) electrons. The molecular formula is C29H25F7N2O4. The molecule has 0 unspecified atom stereocenters. The molecule has 3 aromatic carbocycles. The van der Waals surface area contributed by atoms with Crippen molar-refractivity contribution in [1.29, 1.82) is 0 Å². The van der Waals surface area contributed by atoms with E-state index in [1.54, 1.807) is 24.3 Å². The molecule has 1 aliphatic heterocycles. The first-order valence-corrected chi connectivity index (χ1v) is 12.4. The molecule has 3 aromatic rings. The lowest BCUT2D eigenvalue weighted by Crippen LogP contribution is -2.49. The fraction of sp³-hybridized carbons (Fsp3) is 0.310. The second-order valence-electron chi connectivity index (χ2n) is 10.2. The first kappa shape index (κ1) is 30.8. The molecule has 4 rings (SSSR count). The molecule has 1 fully saturated rings. The van der Waals surface area contributed by atoms with Crippen LogP contribution >= 0.6 is 0 Å². The predicted molar refractivity (Wildman–Crippen MR) is 136 cm³/mol. The van der Waals surface area contributed by atoms with Crippen molar-refractivity contribution in [2.45, 2.75) is 43.9 Å². The quantitative estimate of drug-likeness (QED) is 0.230. The van der Waals surface area contributed by atoms with Crippen LogP contribution in [0.2, 0.25) is 0 Å². The Hall–Kier alpha value is -4.13. The number of imide groups is 1. The Bertz CT molecular complexity index is 1440. The number of nitrogens with zero attached hydrogens (tertiary/aromatic N) is 1. The minimum Gasteiger partial charge on any atom is -0.497 e. The maximum Gasteiger partial charge on any atom is 0.416 e. The molecule has 0 saturated carbocycles. The number of carbonyl (C=O) groups is 2. The molecule has 1 saturated heterocycles. The number of alkyl halides is 6. The Morgan fingerprint density at radius 1 is 0.810 bits per heavy atom. The van der Waals surface area contributed by atoms with Crippen molar-refractivity contribution in [3.05, 3.63) is 100 Å². The number of hydrogen-bond acceptors (Lipinski definition) is 4. The van der Waals surface area contributed by atoms with E-state index in [4.69, 9.17) is 9.47 Å². The molecule has 1 heterocycles. The Morgan fingerprint density at radius 2 is 1.33 bits per heavy atom. The summed E-state index contributed by atoms with van der Waals surface area (Å²) in [4.78, 5) is 27.8. The van der Waals surface area contributed by atoms with E-state index < -0.39 is 64.5 Å². The number of urea groups is 1. The number of benzene rings is 3. The maximum atomic E-state index is 13.8. The number of hydrogen-bond donors (Lipinski definition) is 1. The standard InChI is InChI=1S/C29H25F7N2O4/c1-26(2,19-12-20(28(31,32)33)14-21(13-19)29(34,35)36)42-16-27(18-6-8-22(30)9-7-18)24(39)38(25(40)37-27)15-17-4-10-23(41-3)11-5-17/h4-14H,15-16H2,1-3H3,(H,37,40)/t27-/m1/s1. The number of ether oxygens (including phenoxy) is 2. The van der Waals surface area contributed by atoms with E-state index in [9.17, 15) is 40.3 Å². The zero-order chi connectivity index (χ0) is 31.1. The van der Waals surface area contributed by atoms with Gasteiger partial charge in [-0.1, -0.05) is 24.3 Å². The van der Waals surface area contributed by atoms with Crippen LogP contribution in [0.4, 0.5) is 35.5 Å². The number of nitrogens with one attached hydrogen (secondary N) is 1. The maximum absolute atomic E-state index is 13.8. The summed E-state index contributed by atoms with van der Waals surface area (Å²) in [7, 11) is 1.47. The summed E-state index contributed by atoms with van der Waals surface area (Å²) in [6.45, 7) is 1.59. The van der Waals surface area contributed by atoms with Gasteiger partial charge in [0.2, 0.25) is 0 Å². The zero-order valence-corrected chi connectivity index (χ0v) is 22.5. The smallest absolute Gasteiger partial charge is 0.416 e. The highest BCUT2D eigenvalue weighted by molar-refractivity contribution is 6.07. The summed E-state index contributed by atoms with van der Waals surface area (Å²) in [5.74, 6) is -0.924. The third-order valence-electron chi connectivity index (χ3n) is 6.94. The Labute approximate surface area is 236 Å². The number of amides is 3. The van der Waals surface area contributed by atoms with Gasteiger partial charge in [-0.25, -0.2) is 9.18 Å². The molecule has 3 amide bonds. The monoisotopic (exact) mass is 598 g/mol. The molecule has 224 valence electrons. The van der Waals surface area contributed by atoms with E-state index in [1.165, 1.54) is 33.1 Å². The van der Waals surface area contributed by atoms with Crippen molar-refractivity contribution in [3.63, 3.8) is 0 Å². The molecule has 0 aliphatic carbocycles. The van der Waals surface area contributed by atoms with Gasteiger partial charge < -0.3 is 14.8 Å². The highest BCUT2D eigenvalue weighted by Crippen LogP contribution is 2.40. The van der Waals surface area contributed by atoms with Gasteiger partial charge in [-0.3, -0.25) is 9.69 Å². The van der Waals surface area contributed by atoms with Crippen LogP contribution in [-0.2, 0) is 39.6 Å². The number of rotatable bonds is 8. The first-order valence-electron chi connectivity index (χ1n) is 12.4. The summed E-state index contributed by atoms with van der Waals surface area (Å²) in [5.41, 5.74) is -6.67.